The number of phenols is 1. The van der Waals surface area contributed by atoms with Gasteiger partial charge in [0.15, 0.2) is 23.8 Å². The molecule has 3 heterocycles. The SMILES string of the molecule is O=C(C=Cc1ccccc1)OC[C@@]1(O)CO[C@@H](O[C@H]2[C@H](Oc3cc(O)c4c(c3)O[C@H](c3ccccc3)CC4=O)O[C@H](CO)[C@@H](O)[C@@H]2O)[C@@H]1O. The maximum absolute atomic E-state index is 13.0. The maximum Gasteiger partial charge on any atom is 0.330 e. The van der Waals surface area contributed by atoms with Gasteiger partial charge in [0, 0.05) is 18.2 Å². The van der Waals surface area contributed by atoms with Crippen LogP contribution in [0.3, 0.4) is 0 Å². The Morgan fingerprint density at radius 2 is 1.69 bits per heavy atom. The van der Waals surface area contributed by atoms with E-state index in [9.17, 15) is 40.2 Å². The van der Waals surface area contributed by atoms with Crippen LogP contribution in [0.5, 0.6) is 17.2 Å². The Morgan fingerprint density at radius 1 is 0.980 bits per heavy atom. The van der Waals surface area contributed by atoms with E-state index in [1.54, 1.807) is 48.5 Å². The monoisotopic (exact) mass is 680 g/mol. The average Bonchev–Trinajstić information content (AvgIpc) is 3.38. The highest BCUT2D eigenvalue weighted by molar-refractivity contribution is 6.02. The summed E-state index contributed by atoms with van der Waals surface area (Å²) in [6.45, 7) is -1.91. The molecule has 6 N–H and O–H groups in total. The van der Waals surface area contributed by atoms with Crippen molar-refractivity contribution >= 4 is 17.8 Å². The molecule has 3 aromatic carbocycles. The van der Waals surface area contributed by atoms with Crippen LogP contribution in [0.1, 0.15) is 34.0 Å². The van der Waals surface area contributed by atoms with Gasteiger partial charge < -0.3 is 59.1 Å². The van der Waals surface area contributed by atoms with Crippen molar-refractivity contribution in [3.63, 3.8) is 0 Å². The zero-order chi connectivity index (χ0) is 34.7. The molecule has 0 unspecified atom stereocenters. The number of benzene rings is 3. The molecule has 0 aromatic heterocycles. The Labute approximate surface area is 280 Å². The van der Waals surface area contributed by atoms with Crippen LogP contribution in [0.25, 0.3) is 6.08 Å². The van der Waals surface area contributed by atoms with Crippen molar-refractivity contribution in [2.45, 2.75) is 61.2 Å². The van der Waals surface area contributed by atoms with Crippen LogP contribution in [-0.4, -0.2) is 111 Å². The molecule has 0 radical (unpaired) electrons. The molecule has 0 aliphatic carbocycles. The van der Waals surface area contributed by atoms with Crippen LogP contribution in [-0.2, 0) is 23.7 Å². The zero-order valence-electron chi connectivity index (χ0n) is 26.0. The molecule has 2 saturated heterocycles. The number of hydrogen-bond acceptors (Lipinski definition) is 14. The number of aromatic hydroxyl groups is 1. The van der Waals surface area contributed by atoms with E-state index in [-0.39, 0.29) is 29.3 Å². The lowest BCUT2D eigenvalue weighted by Gasteiger charge is -2.42. The van der Waals surface area contributed by atoms with E-state index in [2.05, 4.69) is 0 Å². The smallest absolute Gasteiger partial charge is 0.330 e. The number of esters is 1. The molecule has 14 nitrogen and oxygen atoms in total. The van der Waals surface area contributed by atoms with Crippen molar-refractivity contribution in [3.8, 4) is 17.2 Å². The molecule has 3 aliphatic heterocycles. The fraction of sp³-hybridized carbons (Fsp3) is 0.371. The van der Waals surface area contributed by atoms with Gasteiger partial charge in [-0.3, -0.25) is 4.79 Å². The Bertz CT molecular complexity index is 1650. The normalized spacial score (nSPS) is 31.2. The van der Waals surface area contributed by atoms with Crippen LogP contribution in [0.2, 0.25) is 0 Å². The number of aliphatic hydroxyl groups excluding tert-OH is 4. The van der Waals surface area contributed by atoms with Crippen LogP contribution < -0.4 is 9.47 Å². The molecular weight excluding hydrogens is 644 g/mol. The van der Waals surface area contributed by atoms with Gasteiger partial charge in [0.1, 0.15) is 59.9 Å². The number of phenolic OH excluding ortho intramolecular Hbond substituents is 1. The lowest BCUT2D eigenvalue weighted by atomic mass is 9.95. The van der Waals surface area contributed by atoms with Gasteiger partial charge in [-0.2, -0.15) is 0 Å². The van der Waals surface area contributed by atoms with Gasteiger partial charge in [0.05, 0.1) is 19.6 Å². The summed E-state index contributed by atoms with van der Waals surface area (Å²) >= 11 is 0. The minimum atomic E-state index is -2.10. The number of carbonyl (C=O) groups is 2. The van der Waals surface area contributed by atoms with Gasteiger partial charge in [-0.15, -0.1) is 0 Å². The first-order valence-corrected chi connectivity index (χ1v) is 15.5. The summed E-state index contributed by atoms with van der Waals surface area (Å²) in [5.74, 6) is -1.64. The largest absolute Gasteiger partial charge is 0.507 e. The number of carbonyl (C=O) groups excluding carboxylic acids is 2. The molecular formula is C35H36O14. The molecule has 0 spiro atoms. The maximum atomic E-state index is 13.0. The standard InChI is InChI=1S/C35H36O14/c36-16-26-29(40)30(41)31(49-34-32(42)35(43,18-45-34)17-44-27(39)12-11-19-7-3-1-4-8-19)33(48-26)46-21-13-22(37)28-23(38)15-24(47-25(28)14-21)20-9-5-2-6-10-20/h1-14,24,26,29-34,36-37,40-43H,15-18H2/t24-,26+,29+,30-,31+,32-,33+,34-,35+/m0/s1. The lowest BCUT2D eigenvalue weighted by molar-refractivity contribution is -0.318. The van der Waals surface area contributed by atoms with Gasteiger partial charge in [-0.05, 0) is 17.2 Å². The zero-order valence-corrected chi connectivity index (χ0v) is 26.0. The summed E-state index contributed by atoms with van der Waals surface area (Å²) in [6, 6.07) is 20.5. The summed E-state index contributed by atoms with van der Waals surface area (Å²) < 4.78 is 34.0. The van der Waals surface area contributed by atoms with E-state index < -0.39 is 86.3 Å². The third kappa shape index (κ3) is 7.46. The summed E-state index contributed by atoms with van der Waals surface area (Å²) in [4.78, 5) is 25.2. The minimum absolute atomic E-state index is 0.00562. The summed E-state index contributed by atoms with van der Waals surface area (Å²) in [5, 5.41) is 64.1. The summed E-state index contributed by atoms with van der Waals surface area (Å²) in [7, 11) is 0. The Balaban J connectivity index is 1.16. The van der Waals surface area contributed by atoms with Crippen molar-refractivity contribution in [1.82, 2.24) is 0 Å². The Kier molecular flexibility index (Phi) is 10.3. The average molecular weight is 681 g/mol. The molecule has 2 fully saturated rings. The molecule has 3 aromatic rings. The first-order valence-electron chi connectivity index (χ1n) is 15.5. The molecule has 49 heavy (non-hydrogen) atoms. The van der Waals surface area contributed by atoms with Crippen LogP contribution in [0.15, 0.2) is 78.9 Å². The third-order valence-electron chi connectivity index (χ3n) is 8.49. The highest BCUT2D eigenvalue weighted by Crippen LogP contribution is 2.43. The second-order valence-electron chi connectivity index (χ2n) is 12.0. The topological polar surface area (TPSA) is 211 Å². The fourth-order valence-corrected chi connectivity index (χ4v) is 5.79. The van der Waals surface area contributed by atoms with E-state index in [1.165, 1.54) is 12.1 Å². The van der Waals surface area contributed by atoms with Crippen LogP contribution in [0.4, 0.5) is 0 Å². The van der Waals surface area contributed by atoms with Crippen molar-refractivity contribution in [2.75, 3.05) is 19.8 Å². The summed E-state index contributed by atoms with van der Waals surface area (Å²) in [5.41, 5.74) is -0.658. The number of aliphatic hydroxyl groups is 5. The third-order valence-corrected chi connectivity index (χ3v) is 8.49. The number of hydrogen-bond donors (Lipinski definition) is 6. The lowest BCUT2D eigenvalue weighted by Crippen LogP contribution is -2.62. The Hall–Kier alpha value is -4.38. The second-order valence-corrected chi connectivity index (χ2v) is 12.0. The number of Topliss-reactive ketones (excluding diaryl/α,β-unsaturated/α-hetero) is 1. The molecule has 0 saturated carbocycles. The number of fused-ring (bicyclic) bond motifs is 1. The van der Waals surface area contributed by atoms with Gasteiger partial charge in [-0.1, -0.05) is 60.7 Å². The Morgan fingerprint density at radius 3 is 2.41 bits per heavy atom. The van der Waals surface area contributed by atoms with E-state index in [0.717, 1.165) is 23.3 Å². The highest BCUT2D eigenvalue weighted by Gasteiger charge is 2.54. The fourth-order valence-electron chi connectivity index (χ4n) is 5.79. The van der Waals surface area contributed by atoms with E-state index in [1.807, 2.05) is 12.1 Å². The summed E-state index contributed by atoms with van der Waals surface area (Å²) in [6.07, 6.45) is -9.36. The van der Waals surface area contributed by atoms with E-state index in [0.29, 0.717) is 0 Å². The van der Waals surface area contributed by atoms with Gasteiger partial charge in [0.2, 0.25) is 6.29 Å². The van der Waals surface area contributed by atoms with E-state index >= 15 is 0 Å². The van der Waals surface area contributed by atoms with Crippen LogP contribution >= 0.6 is 0 Å². The molecule has 3 aliphatic rings. The van der Waals surface area contributed by atoms with Crippen molar-refractivity contribution in [2.24, 2.45) is 0 Å². The van der Waals surface area contributed by atoms with Crippen molar-refractivity contribution < 1.29 is 68.6 Å². The number of ether oxygens (including phenoxy) is 6. The van der Waals surface area contributed by atoms with Gasteiger partial charge in [-0.25, -0.2) is 4.79 Å². The molecule has 6 rings (SSSR count). The first kappa shape index (κ1) is 34.5. The predicted molar refractivity (Wildman–Crippen MR) is 167 cm³/mol. The molecule has 14 heteroatoms. The van der Waals surface area contributed by atoms with Gasteiger partial charge >= 0.3 is 5.97 Å². The minimum Gasteiger partial charge on any atom is -0.507 e. The van der Waals surface area contributed by atoms with Crippen molar-refractivity contribution in [1.29, 1.82) is 0 Å². The predicted octanol–water partition coefficient (Wildman–Crippen LogP) is 1.01. The first-order chi connectivity index (χ1) is 23.6. The second kappa shape index (κ2) is 14.6. The highest BCUT2D eigenvalue weighted by atomic mass is 16.8. The quantitative estimate of drug-likeness (QED) is 0.130. The molecule has 9 atom stereocenters. The molecule has 0 bridgehead atoms. The van der Waals surface area contributed by atoms with Crippen molar-refractivity contribution in [3.05, 3.63) is 95.6 Å². The number of ketones is 1. The molecule has 260 valence electrons. The molecule has 0 amide bonds. The van der Waals surface area contributed by atoms with Crippen LogP contribution in [0, 0.1) is 0 Å². The van der Waals surface area contributed by atoms with E-state index in [4.69, 9.17) is 28.4 Å². The van der Waals surface area contributed by atoms with Gasteiger partial charge in [0.25, 0.3) is 0 Å². The number of rotatable bonds is 10.